The molecule has 2 fully saturated rings. The molecule has 2 aromatic rings. The van der Waals surface area contributed by atoms with Gasteiger partial charge in [-0.1, -0.05) is 36.4 Å². The fourth-order valence-electron chi connectivity index (χ4n) is 5.16. The minimum atomic E-state index is -0.490. The monoisotopic (exact) mass is 399 g/mol. The van der Waals surface area contributed by atoms with Crippen molar-refractivity contribution in [3.8, 4) is 0 Å². The van der Waals surface area contributed by atoms with Gasteiger partial charge < -0.3 is 5.73 Å². The van der Waals surface area contributed by atoms with Gasteiger partial charge in [-0.15, -0.1) is 0 Å². The van der Waals surface area contributed by atoms with E-state index >= 15 is 0 Å². The fraction of sp³-hybridized carbons (Fsp3) is 0.435. The number of aryl methyl sites for hydroxylation is 1. The molecule has 4 nitrogen and oxygen atoms in total. The van der Waals surface area contributed by atoms with E-state index in [1.807, 2.05) is 18.2 Å². The maximum Gasteiger partial charge on any atom is 0.231 e. The lowest BCUT2D eigenvalue weighted by molar-refractivity contribution is -0.119. The number of halogens is 2. The molecule has 6 heteroatoms. The van der Waals surface area contributed by atoms with Crippen molar-refractivity contribution >= 4 is 5.91 Å². The molecule has 2 atom stereocenters. The van der Waals surface area contributed by atoms with Crippen molar-refractivity contribution in [2.75, 3.05) is 32.7 Å². The Morgan fingerprint density at radius 1 is 1.00 bits per heavy atom. The van der Waals surface area contributed by atoms with Gasteiger partial charge in [0.1, 0.15) is 11.6 Å². The van der Waals surface area contributed by atoms with Crippen molar-refractivity contribution in [1.82, 2.24) is 9.80 Å². The van der Waals surface area contributed by atoms with Crippen molar-refractivity contribution in [2.45, 2.75) is 19.4 Å². The first-order valence-electron chi connectivity index (χ1n) is 10.1. The van der Waals surface area contributed by atoms with Gasteiger partial charge in [-0.2, -0.15) is 0 Å². The van der Waals surface area contributed by atoms with Gasteiger partial charge in [0.15, 0.2) is 0 Å². The Hall–Kier alpha value is -2.31. The van der Waals surface area contributed by atoms with Gasteiger partial charge in [-0.05, 0) is 36.5 Å². The van der Waals surface area contributed by atoms with E-state index in [4.69, 9.17) is 5.73 Å². The highest BCUT2D eigenvalue weighted by Crippen LogP contribution is 2.46. The average Bonchev–Trinajstić information content (AvgIpc) is 3.16. The summed E-state index contributed by atoms with van der Waals surface area (Å²) in [5.74, 6) is -0.930. The predicted octanol–water partition coefficient (Wildman–Crippen LogP) is 2.82. The molecule has 2 unspecified atom stereocenters. The summed E-state index contributed by atoms with van der Waals surface area (Å²) in [7, 11) is 0. The van der Waals surface area contributed by atoms with Crippen LogP contribution in [0.2, 0.25) is 0 Å². The number of fused-ring (bicyclic) bond motifs is 1. The Balaban J connectivity index is 1.50. The van der Waals surface area contributed by atoms with Crippen LogP contribution >= 0.6 is 0 Å². The lowest BCUT2D eigenvalue weighted by Gasteiger charge is -2.30. The zero-order valence-corrected chi connectivity index (χ0v) is 16.5. The lowest BCUT2D eigenvalue weighted by Crippen LogP contribution is -2.38. The zero-order valence-electron chi connectivity index (χ0n) is 16.5. The second-order valence-electron chi connectivity index (χ2n) is 8.55. The van der Waals surface area contributed by atoms with E-state index < -0.39 is 11.6 Å². The first-order chi connectivity index (χ1) is 13.9. The number of likely N-dealkylation sites (tertiary alicyclic amines) is 2. The summed E-state index contributed by atoms with van der Waals surface area (Å²) in [6.07, 6.45) is 1.93. The van der Waals surface area contributed by atoms with E-state index in [2.05, 4.69) is 21.9 Å². The standard InChI is InChI=1S/C23H27F2N3O/c24-20-7-4-8-21(25)19(20)13-27-11-18-12-28(14-22(26)29)16-23(18,15-27)10-9-17-5-2-1-3-6-17/h1-8,18H,9-16H2,(H2,26,29). The van der Waals surface area contributed by atoms with Crippen LogP contribution < -0.4 is 5.73 Å². The van der Waals surface area contributed by atoms with Crippen LogP contribution in [0.25, 0.3) is 0 Å². The molecule has 154 valence electrons. The molecule has 0 radical (unpaired) electrons. The highest BCUT2D eigenvalue weighted by atomic mass is 19.1. The molecule has 0 aliphatic carbocycles. The Morgan fingerprint density at radius 2 is 1.66 bits per heavy atom. The number of amides is 1. The number of carbonyl (C=O) groups excluding carboxylic acids is 1. The van der Waals surface area contributed by atoms with Crippen molar-refractivity contribution in [2.24, 2.45) is 17.1 Å². The minimum Gasteiger partial charge on any atom is -0.369 e. The van der Waals surface area contributed by atoms with E-state index in [0.29, 0.717) is 5.92 Å². The molecule has 4 rings (SSSR count). The van der Waals surface area contributed by atoms with Crippen LogP contribution in [0, 0.1) is 23.0 Å². The summed E-state index contributed by atoms with van der Waals surface area (Å²) in [5, 5.41) is 0. The van der Waals surface area contributed by atoms with Crippen molar-refractivity contribution < 1.29 is 13.6 Å². The summed E-state index contributed by atoms with van der Waals surface area (Å²) in [4.78, 5) is 15.7. The molecule has 0 saturated carbocycles. The van der Waals surface area contributed by atoms with Crippen LogP contribution in [0.3, 0.4) is 0 Å². The first kappa shape index (κ1) is 20.0. The molecule has 2 heterocycles. The van der Waals surface area contributed by atoms with Gasteiger partial charge in [-0.25, -0.2) is 8.78 Å². The van der Waals surface area contributed by atoms with Gasteiger partial charge >= 0.3 is 0 Å². The molecule has 2 aromatic carbocycles. The molecular formula is C23H27F2N3O. The molecule has 0 spiro atoms. The molecule has 0 bridgehead atoms. The van der Waals surface area contributed by atoms with E-state index in [0.717, 1.165) is 39.0 Å². The largest absolute Gasteiger partial charge is 0.369 e. The summed E-state index contributed by atoms with van der Waals surface area (Å²) >= 11 is 0. The van der Waals surface area contributed by atoms with E-state index in [-0.39, 0.29) is 30.0 Å². The third-order valence-corrected chi connectivity index (χ3v) is 6.48. The maximum absolute atomic E-state index is 14.1. The van der Waals surface area contributed by atoms with Crippen LogP contribution in [-0.4, -0.2) is 48.4 Å². The molecular weight excluding hydrogens is 372 g/mol. The van der Waals surface area contributed by atoms with Crippen molar-refractivity contribution in [3.05, 3.63) is 71.3 Å². The third kappa shape index (κ3) is 4.33. The third-order valence-electron chi connectivity index (χ3n) is 6.48. The van der Waals surface area contributed by atoms with Gasteiger partial charge in [0.05, 0.1) is 6.54 Å². The van der Waals surface area contributed by atoms with E-state index in [9.17, 15) is 13.6 Å². The molecule has 0 aromatic heterocycles. The normalized spacial score (nSPS) is 24.7. The Bertz CT molecular complexity index is 855. The van der Waals surface area contributed by atoms with Crippen LogP contribution in [0.5, 0.6) is 0 Å². The summed E-state index contributed by atoms with van der Waals surface area (Å²) in [5.41, 5.74) is 6.85. The van der Waals surface area contributed by atoms with Crippen molar-refractivity contribution in [1.29, 1.82) is 0 Å². The van der Waals surface area contributed by atoms with Gasteiger partial charge in [0.2, 0.25) is 5.91 Å². The number of rotatable bonds is 7. The summed E-state index contributed by atoms with van der Waals surface area (Å²) in [6.45, 7) is 3.69. The molecule has 29 heavy (non-hydrogen) atoms. The number of hydrogen-bond acceptors (Lipinski definition) is 3. The number of nitrogens with two attached hydrogens (primary N) is 1. The summed E-state index contributed by atoms with van der Waals surface area (Å²) < 4.78 is 28.3. The van der Waals surface area contributed by atoms with Crippen LogP contribution in [0.4, 0.5) is 8.78 Å². The van der Waals surface area contributed by atoms with Gasteiger partial charge in [-0.3, -0.25) is 14.6 Å². The number of benzene rings is 2. The van der Waals surface area contributed by atoms with Crippen LogP contribution in [0.15, 0.2) is 48.5 Å². The highest BCUT2D eigenvalue weighted by Gasteiger charge is 2.51. The second-order valence-corrected chi connectivity index (χ2v) is 8.55. The predicted molar refractivity (Wildman–Crippen MR) is 108 cm³/mol. The molecule has 2 saturated heterocycles. The Kier molecular flexibility index (Phi) is 5.65. The average molecular weight is 399 g/mol. The first-order valence-corrected chi connectivity index (χ1v) is 10.1. The number of nitrogens with zero attached hydrogens (tertiary/aromatic N) is 2. The number of primary amides is 1. The second kappa shape index (κ2) is 8.20. The number of carbonyl (C=O) groups is 1. The molecule has 2 N–H and O–H groups in total. The Morgan fingerprint density at radius 3 is 2.34 bits per heavy atom. The zero-order chi connectivity index (χ0) is 20.4. The van der Waals surface area contributed by atoms with Gasteiger partial charge in [0, 0.05) is 43.7 Å². The SMILES string of the molecule is NC(=O)CN1CC2CN(Cc3c(F)cccc3F)CC2(CCc2ccccc2)C1. The van der Waals surface area contributed by atoms with Gasteiger partial charge in [0.25, 0.3) is 0 Å². The molecule has 1 amide bonds. The number of hydrogen-bond donors (Lipinski definition) is 1. The van der Waals surface area contributed by atoms with E-state index in [1.54, 1.807) is 0 Å². The van der Waals surface area contributed by atoms with Crippen molar-refractivity contribution in [3.63, 3.8) is 0 Å². The van der Waals surface area contributed by atoms with Crippen LogP contribution in [0.1, 0.15) is 17.5 Å². The molecule has 2 aliphatic heterocycles. The van der Waals surface area contributed by atoms with E-state index in [1.165, 1.54) is 23.8 Å². The lowest BCUT2D eigenvalue weighted by atomic mass is 9.76. The maximum atomic E-state index is 14.1. The summed E-state index contributed by atoms with van der Waals surface area (Å²) in [6, 6.07) is 14.4. The highest BCUT2D eigenvalue weighted by molar-refractivity contribution is 5.76. The molecule has 2 aliphatic rings. The topological polar surface area (TPSA) is 49.6 Å². The smallest absolute Gasteiger partial charge is 0.231 e. The fourth-order valence-corrected chi connectivity index (χ4v) is 5.16. The van der Waals surface area contributed by atoms with Crippen LogP contribution in [-0.2, 0) is 17.8 Å². The quantitative estimate of drug-likeness (QED) is 0.779. The minimum absolute atomic E-state index is 0.00697. The Labute approximate surface area is 170 Å².